The van der Waals surface area contributed by atoms with Crippen LogP contribution >= 0.6 is 11.6 Å². The van der Waals surface area contributed by atoms with Crippen molar-refractivity contribution in [1.29, 1.82) is 5.26 Å². The predicted molar refractivity (Wildman–Crippen MR) is 90.2 cm³/mol. The zero-order valence-electron chi connectivity index (χ0n) is 13.4. The van der Waals surface area contributed by atoms with Gasteiger partial charge in [-0.3, -0.25) is 4.79 Å². The lowest BCUT2D eigenvalue weighted by Crippen LogP contribution is -2.26. The first kappa shape index (κ1) is 18.1. The van der Waals surface area contributed by atoms with Crippen LogP contribution in [0.1, 0.15) is 18.4 Å². The fourth-order valence-electron chi connectivity index (χ4n) is 2.16. The number of carbonyl (C=O) groups excluding carboxylic acids is 1. The quantitative estimate of drug-likeness (QED) is 0.484. The van der Waals surface area contributed by atoms with Crippen LogP contribution in [-0.4, -0.2) is 39.4 Å². The second-order valence-corrected chi connectivity index (χ2v) is 5.56. The van der Waals surface area contributed by atoms with Crippen LogP contribution in [0.4, 0.5) is 0 Å². The molecule has 1 aliphatic heterocycles. The van der Waals surface area contributed by atoms with E-state index in [-0.39, 0.29) is 5.57 Å². The average molecular weight is 351 g/mol. The summed E-state index contributed by atoms with van der Waals surface area (Å²) in [5.41, 5.74) is 0.603. The molecule has 0 aliphatic carbocycles. The van der Waals surface area contributed by atoms with Crippen molar-refractivity contribution in [3.63, 3.8) is 0 Å². The van der Waals surface area contributed by atoms with Crippen molar-refractivity contribution in [2.24, 2.45) is 0 Å². The van der Waals surface area contributed by atoms with Gasteiger partial charge in [-0.15, -0.1) is 0 Å². The third-order valence-corrected chi connectivity index (χ3v) is 3.59. The van der Waals surface area contributed by atoms with Crippen LogP contribution in [0.25, 0.3) is 6.08 Å². The molecule has 1 N–H and O–H groups in total. The number of halogens is 1. The van der Waals surface area contributed by atoms with Crippen LogP contribution in [0.5, 0.6) is 11.5 Å². The fourth-order valence-corrected chi connectivity index (χ4v) is 2.44. The zero-order chi connectivity index (χ0) is 17.4. The maximum absolute atomic E-state index is 12.0. The molecule has 1 aromatic carbocycles. The van der Waals surface area contributed by atoms with Crippen LogP contribution in [0.3, 0.4) is 0 Å². The van der Waals surface area contributed by atoms with Gasteiger partial charge in [-0.05, 0) is 30.2 Å². The number of amides is 1. The molecule has 0 saturated carbocycles. The highest BCUT2D eigenvalue weighted by Gasteiger charge is 2.16. The minimum atomic E-state index is -0.433. The third kappa shape index (κ3) is 4.88. The molecule has 1 heterocycles. The minimum absolute atomic E-state index is 0.00188. The highest BCUT2D eigenvalue weighted by atomic mass is 35.5. The molecule has 0 unspecified atom stereocenters. The Bertz CT molecular complexity index is 667. The summed E-state index contributed by atoms with van der Waals surface area (Å²) in [7, 11) is 1.59. The monoisotopic (exact) mass is 350 g/mol. The maximum atomic E-state index is 12.0. The second-order valence-electron chi connectivity index (χ2n) is 5.15. The van der Waals surface area contributed by atoms with Crippen molar-refractivity contribution >= 4 is 23.6 Å². The third-order valence-electron chi connectivity index (χ3n) is 3.31. The topological polar surface area (TPSA) is 80.6 Å². The van der Waals surface area contributed by atoms with Gasteiger partial charge in [0.05, 0.1) is 18.2 Å². The molecule has 6 nitrogen and oxygen atoms in total. The van der Waals surface area contributed by atoms with E-state index >= 15 is 0 Å². The second kappa shape index (κ2) is 9.16. The number of methoxy groups -OCH3 is 1. The summed E-state index contributed by atoms with van der Waals surface area (Å²) in [4.78, 5) is 12.0. The SMILES string of the molecule is COCCCNC(=O)/C(C#N)=C/c1cc(Cl)c2c(c1)OCCCO2. The molecule has 1 aromatic rings. The molecule has 0 spiro atoms. The molecule has 0 atom stereocenters. The lowest BCUT2D eigenvalue weighted by molar-refractivity contribution is -0.117. The normalized spacial score (nSPS) is 13.8. The molecule has 128 valence electrons. The van der Waals surface area contributed by atoms with Gasteiger partial charge < -0.3 is 19.5 Å². The van der Waals surface area contributed by atoms with Crippen LogP contribution in [-0.2, 0) is 9.53 Å². The zero-order valence-corrected chi connectivity index (χ0v) is 14.2. The fraction of sp³-hybridized carbons (Fsp3) is 0.412. The molecule has 2 rings (SSSR count). The molecular formula is C17H19ClN2O4. The van der Waals surface area contributed by atoms with Gasteiger partial charge in [0.2, 0.25) is 0 Å². The van der Waals surface area contributed by atoms with E-state index in [2.05, 4.69) is 5.32 Å². The van der Waals surface area contributed by atoms with Gasteiger partial charge in [-0.1, -0.05) is 11.6 Å². The maximum Gasteiger partial charge on any atom is 0.261 e. The average Bonchev–Trinajstić information content (AvgIpc) is 2.82. The van der Waals surface area contributed by atoms with Gasteiger partial charge in [0.15, 0.2) is 11.5 Å². The molecule has 7 heteroatoms. The van der Waals surface area contributed by atoms with Gasteiger partial charge in [0, 0.05) is 26.7 Å². The summed E-state index contributed by atoms with van der Waals surface area (Å²) in [6, 6.07) is 5.26. The van der Waals surface area contributed by atoms with E-state index in [1.807, 2.05) is 6.07 Å². The van der Waals surface area contributed by atoms with Crippen molar-refractivity contribution in [3.8, 4) is 17.6 Å². The summed E-state index contributed by atoms with van der Waals surface area (Å²) >= 11 is 6.21. The highest BCUT2D eigenvalue weighted by Crippen LogP contribution is 2.38. The number of carbonyl (C=O) groups is 1. The Hall–Kier alpha value is -2.23. The Balaban J connectivity index is 2.15. The molecule has 0 bridgehead atoms. The number of benzene rings is 1. The molecule has 24 heavy (non-hydrogen) atoms. The van der Waals surface area contributed by atoms with E-state index in [4.69, 9.17) is 25.8 Å². The molecule has 0 aromatic heterocycles. The van der Waals surface area contributed by atoms with Gasteiger partial charge in [0.25, 0.3) is 5.91 Å². The summed E-state index contributed by atoms with van der Waals surface area (Å²) in [6.45, 7) is 2.05. The number of hydrogen-bond donors (Lipinski definition) is 1. The van der Waals surface area contributed by atoms with Gasteiger partial charge in [-0.2, -0.15) is 5.26 Å². The summed E-state index contributed by atoms with van der Waals surface area (Å²) in [5.74, 6) is 0.578. The van der Waals surface area contributed by atoms with Crippen molar-refractivity contribution in [2.45, 2.75) is 12.8 Å². The van der Waals surface area contributed by atoms with Crippen LogP contribution < -0.4 is 14.8 Å². The Labute approximate surface area is 145 Å². The molecule has 0 saturated heterocycles. The number of ether oxygens (including phenoxy) is 3. The lowest BCUT2D eigenvalue weighted by Gasteiger charge is -2.10. The van der Waals surface area contributed by atoms with E-state index in [1.165, 1.54) is 6.08 Å². The Morgan fingerprint density at radius 1 is 1.46 bits per heavy atom. The Morgan fingerprint density at radius 3 is 3.00 bits per heavy atom. The number of nitriles is 1. The first-order chi connectivity index (χ1) is 11.7. The van der Waals surface area contributed by atoms with Crippen molar-refractivity contribution in [2.75, 3.05) is 33.5 Å². The van der Waals surface area contributed by atoms with E-state index in [9.17, 15) is 10.1 Å². The summed E-state index contributed by atoms with van der Waals surface area (Å²) in [6.07, 6.45) is 2.92. The van der Waals surface area contributed by atoms with Crippen molar-refractivity contribution in [1.82, 2.24) is 5.32 Å². The van der Waals surface area contributed by atoms with Gasteiger partial charge in [0.1, 0.15) is 11.6 Å². The standard InChI is InChI=1S/C17H19ClN2O4/c1-22-5-2-4-20-17(21)13(11-19)8-12-9-14(18)16-15(10-12)23-6-3-7-24-16/h8-10H,2-7H2,1H3,(H,20,21)/b13-8+. The van der Waals surface area contributed by atoms with E-state index < -0.39 is 5.91 Å². The Kier molecular flexibility index (Phi) is 6.91. The largest absolute Gasteiger partial charge is 0.489 e. The summed E-state index contributed by atoms with van der Waals surface area (Å²) < 4.78 is 16.1. The molecule has 1 aliphatic rings. The lowest BCUT2D eigenvalue weighted by atomic mass is 10.1. The van der Waals surface area contributed by atoms with Crippen LogP contribution in [0.2, 0.25) is 5.02 Å². The molecule has 0 radical (unpaired) electrons. The minimum Gasteiger partial charge on any atom is -0.489 e. The number of hydrogen-bond acceptors (Lipinski definition) is 5. The molecule has 1 amide bonds. The first-order valence-corrected chi connectivity index (χ1v) is 8.01. The van der Waals surface area contributed by atoms with Crippen molar-refractivity contribution < 1.29 is 19.0 Å². The van der Waals surface area contributed by atoms with Crippen molar-refractivity contribution in [3.05, 3.63) is 28.3 Å². The van der Waals surface area contributed by atoms with E-state index in [0.29, 0.717) is 54.9 Å². The Morgan fingerprint density at radius 2 is 2.25 bits per heavy atom. The van der Waals surface area contributed by atoms with Gasteiger partial charge in [-0.25, -0.2) is 0 Å². The van der Waals surface area contributed by atoms with Crippen LogP contribution in [0, 0.1) is 11.3 Å². The van der Waals surface area contributed by atoms with Crippen LogP contribution in [0.15, 0.2) is 17.7 Å². The number of nitrogens with one attached hydrogen (secondary N) is 1. The molecular weight excluding hydrogens is 332 g/mol. The van der Waals surface area contributed by atoms with E-state index in [0.717, 1.165) is 6.42 Å². The highest BCUT2D eigenvalue weighted by molar-refractivity contribution is 6.32. The molecule has 0 fully saturated rings. The smallest absolute Gasteiger partial charge is 0.261 e. The number of fused-ring (bicyclic) bond motifs is 1. The number of nitrogens with zero attached hydrogens (tertiary/aromatic N) is 1. The van der Waals surface area contributed by atoms with Gasteiger partial charge >= 0.3 is 0 Å². The summed E-state index contributed by atoms with van der Waals surface area (Å²) in [5, 5.41) is 12.3. The first-order valence-electron chi connectivity index (χ1n) is 7.63. The number of rotatable bonds is 6. The predicted octanol–water partition coefficient (Wildman–Crippen LogP) is 2.56. The van der Waals surface area contributed by atoms with E-state index in [1.54, 1.807) is 19.2 Å².